The van der Waals surface area contributed by atoms with Crippen LogP contribution in [0, 0.1) is 0 Å². The fourth-order valence-corrected chi connectivity index (χ4v) is 3.17. The first-order valence-corrected chi connectivity index (χ1v) is 7.54. The van der Waals surface area contributed by atoms with Crippen molar-refractivity contribution in [3.63, 3.8) is 0 Å². The van der Waals surface area contributed by atoms with Gasteiger partial charge in [-0.25, -0.2) is 4.98 Å². The lowest BCUT2D eigenvalue weighted by Gasteiger charge is -2.30. The molecule has 1 aliphatic heterocycles. The van der Waals surface area contributed by atoms with E-state index in [1.165, 1.54) is 0 Å². The number of piperidine rings is 1. The highest BCUT2D eigenvalue weighted by atomic mass is 79.9. The number of aldehydes is 1. The SMILES string of the molecule is CN1CCC(Nc2cc(Br)c3nc(C=O)[nH]c3c2)CC1. The van der Waals surface area contributed by atoms with Gasteiger partial charge in [0.15, 0.2) is 12.1 Å². The van der Waals surface area contributed by atoms with Gasteiger partial charge in [-0.15, -0.1) is 0 Å². The minimum Gasteiger partial charge on any atom is -0.382 e. The van der Waals surface area contributed by atoms with E-state index in [0.29, 0.717) is 11.9 Å². The largest absolute Gasteiger partial charge is 0.382 e. The van der Waals surface area contributed by atoms with E-state index < -0.39 is 0 Å². The van der Waals surface area contributed by atoms with Gasteiger partial charge >= 0.3 is 0 Å². The number of H-pyrrole nitrogens is 1. The molecule has 0 aliphatic carbocycles. The summed E-state index contributed by atoms with van der Waals surface area (Å²) in [5, 5.41) is 3.57. The number of hydrogen-bond acceptors (Lipinski definition) is 4. The molecule has 0 unspecified atom stereocenters. The number of aromatic nitrogens is 2. The minimum atomic E-state index is 0.358. The molecule has 1 saturated heterocycles. The molecule has 2 aromatic rings. The van der Waals surface area contributed by atoms with Crippen LogP contribution in [0.4, 0.5) is 5.69 Å². The number of nitrogens with one attached hydrogen (secondary N) is 2. The molecule has 20 heavy (non-hydrogen) atoms. The van der Waals surface area contributed by atoms with Crippen LogP contribution in [0.25, 0.3) is 11.0 Å². The Bertz CT molecular complexity index is 631. The Labute approximate surface area is 125 Å². The Morgan fingerprint density at radius 3 is 2.90 bits per heavy atom. The van der Waals surface area contributed by atoms with Crippen molar-refractivity contribution in [1.82, 2.24) is 14.9 Å². The first-order valence-electron chi connectivity index (χ1n) is 6.75. The molecule has 0 spiro atoms. The number of carbonyl (C=O) groups is 1. The van der Waals surface area contributed by atoms with Crippen LogP contribution in [0.5, 0.6) is 0 Å². The van der Waals surface area contributed by atoms with Crippen LogP contribution in [0.2, 0.25) is 0 Å². The van der Waals surface area contributed by atoms with Crippen molar-refractivity contribution in [2.75, 3.05) is 25.5 Å². The van der Waals surface area contributed by atoms with Crippen LogP contribution in [-0.4, -0.2) is 47.3 Å². The number of anilines is 1. The number of hydrogen-bond donors (Lipinski definition) is 2. The summed E-state index contributed by atoms with van der Waals surface area (Å²) in [6, 6.07) is 4.54. The monoisotopic (exact) mass is 336 g/mol. The number of fused-ring (bicyclic) bond motifs is 1. The van der Waals surface area contributed by atoms with Gasteiger partial charge in [0.05, 0.1) is 5.52 Å². The van der Waals surface area contributed by atoms with E-state index in [1.807, 2.05) is 12.1 Å². The van der Waals surface area contributed by atoms with Gasteiger partial charge in [-0.1, -0.05) is 0 Å². The van der Waals surface area contributed by atoms with Crippen LogP contribution in [0.1, 0.15) is 23.5 Å². The molecular formula is C14H17BrN4O. The Morgan fingerprint density at radius 2 is 2.20 bits per heavy atom. The molecule has 1 aliphatic rings. The average Bonchev–Trinajstić information content (AvgIpc) is 2.85. The van der Waals surface area contributed by atoms with Crippen molar-refractivity contribution < 1.29 is 4.79 Å². The van der Waals surface area contributed by atoms with Crippen molar-refractivity contribution in [3.05, 3.63) is 22.4 Å². The summed E-state index contributed by atoms with van der Waals surface area (Å²) in [6.07, 6.45) is 3.03. The summed E-state index contributed by atoms with van der Waals surface area (Å²) in [4.78, 5) is 20.4. The summed E-state index contributed by atoms with van der Waals surface area (Å²) in [5.41, 5.74) is 2.72. The van der Waals surface area contributed by atoms with Crippen LogP contribution in [0.3, 0.4) is 0 Å². The quantitative estimate of drug-likeness (QED) is 0.846. The Kier molecular flexibility index (Phi) is 3.76. The van der Waals surface area contributed by atoms with Gasteiger partial charge in [0.25, 0.3) is 0 Å². The number of rotatable bonds is 3. The van der Waals surface area contributed by atoms with Crippen molar-refractivity contribution >= 4 is 38.9 Å². The maximum Gasteiger partial charge on any atom is 0.185 e. The lowest BCUT2D eigenvalue weighted by atomic mass is 10.1. The van der Waals surface area contributed by atoms with Crippen LogP contribution in [0.15, 0.2) is 16.6 Å². The molecule has 1 aromatic carbocycles. The maximum atomic E-state index is 10.8. The van der Waals surface area contributed by atoms with E-state index >= 15 is 0 Å². The van der Waals surface area contributed by atoms with Gasteiger partial charge in [0.1, 0.15) is 5.52 Å². The molecule has 0 atom stereocenters. The molecule has 6 heteroatoms. The second-order valence-electron chi connectivity index (χ2n) is 5.32. The van der Waals surface area contributed by atoms with Gasteiger partial charge in [-0.2, -0.15) is 0 Å². The van der Waals surface area contributed by atoms with Gasteiger partial charge in [0, 0.05) is 16.2 Å². The zero-order valence-electron chi connectivity index (χ0n) is 11.3. The standard InChI is InChI=1S/C14H17BrN4O/c1-19-4-2-9(3-5-19)16-10-6-11(15)14-12(7-10)17-13(8-20)18-14/h6-9,16H,2-5H2,1H3,(H,17,18). The maximum absolute atomic E-state index is 10.8. The Morgan fingerprint density at radius 1 is 1.45 bits per heavy atom. The molecule has 3 rings (SSSR count). The van der Waals surface area contributed by atoms with E-state index in [4.69, 9.17) is 0 Å². The molecule has 1 fully saturated rings. The zero-order valence-corrected chi connectivity index (χ0v) is 12.9. The van der Waals surface area contributed by atoms with E-state index in [-0.39, 0.29) is 0 Å². The van der Waals surface area contributed by atoms with E-state index in [0.717, 1.165) is 53.4 Å². The summed E-state index contributed by atoms with van der Waals surface area (Å²) in [6.45, 7) is 2.25. The summed E-state index contributed by atoms with van der Waals surface area (Å²) in [5.74, 6) is 0.358. The molecule has 0 radical (unpaired) electrons. The van der Waals surface area contributed by atoms with Crippen molar-refractivity contribution in [3.8, 4) is 0 Å². The first kappa shape index (κ1) is 13.6. The van der Waals surface area contributed by atoms with E-state index in [1.54, 1.807) is 0 Å². The molecule has 106 valence electrons. The topological polar surface area (TPSA) is 61.0 Å². The lowest BCUT2D eigenvalue weighted by Crippen LogP contribution is -2.36. The summed E-state index contributed by atoms with van der Waals surface area (Å²) in [7, 11) is 2.16. The number of carbonyl (C=O) groups excluding carboxylic acids is 1. The second-order valence-corrected chi connectivity index (χ2v) is 6.17. The van der Waals surface area contributed by atoms with Crippen LogP contribution in [-0.2, 0) is 0 Å². The highest BCUT2D eigenvalue weighted by Crippen LogP contribution is 2.27. The van der Waals surface area contributed by atoms with Crippen molar-refractivity contribution in [2.24, 2.45) is 0 Å². The Hall–Kier alpha value is -1.40. The highest BCUT2D eigenvalue weighted by Gasteiger charge is 2.17. The fraction of sp³-hybridized carbons (Fsp3) is 0.429. The number of aromatic amines is 1. The average molecular weight is 337 g/mol. The molecule has 0 bridgehead atoms. The van der Waals surface area contributed by atoms with Gasteiger partial charge < -0.3 is 15.2 Å². The predicted molar refractivity (Wildman–Crippen MR) is 83.3 cm³/mol. The first-order chi connectivity index (χ1) is 9.65. The number of halogens is 1. The third-order valence-electron chi connectivity index (χ3n) is 3.76. The molecule has 2 N–H and O–H groups in total. The number of likely N-dealkylation sites (tertiary alicyclic amines) is 1. The highest BCUT2D eigenvalue weighted by molar-refractivity contribution is 9.10. The smallest absolute Gasteiger partial charge is 0.185 e. The number of benzene rings is 1. The molecule has 2 heterocycles. The number of imidazole rings is 1. The van der Waals surface area contributed by atoms with Crippen LogP contribution >= 0.6 is 15.9 Å². The summed E-state index contributed by atoms with van der Waals surface area (Å²) < 4.78 is 0.898. The molecular weight excluding hydrogens is 320 g/mol. The van der Waals surface area contributed by atoms with Gasteiger partial charge in [0.2, 0.25) is 0 Å². The normalized spacial score (nSPS) is 17.5. The molecule has 0 saturated carbocycles. The third-order valence-corrected chi connectivity index (χ3v) is 4.36. The molecule has 0 amide bonds. The summed E-state index contributed by atoms with van der Waals surface area (Å²) >= 11 is 3.52. The van der Waals surface area contributed by atoms with Crippen LogP contribution < -0.4 is 5.32 Å². The fourth-order valence-electron chi connectivity index (χ4n) is 2.62. The van der Waals surface area contributed by atoms with Gasteiger partial charge in [-0.3, -0.25) is 4.79 Å². The minimum absolute atomic E-state index is 0.358. The molecule has 5 nitrogen and oxygen atoms in total. The zero-order chi connectivity index (χ0) is 14.1. The molecule has 1 aromatic heterocycles. The lowest BCUT2D eigenvalue weighted by molar-refractivity contribution is 0.111. The third kappa shape index (κ3) is 2.71. The number of nitrogens with zero attached hydrogens (tertiary/aromatic N) is 2. The van der Waals surface area contributed by atoms with Crippen molar-refractivity contribution in [2.45, 2.75) is 18.9 Å². The van der Waals surface area contributed by atoms with Crippen molar-refractivity contribution in [1.29, 1.82) is 0 Å². The second kappa shape index (κ2) is 5.54. The predicted octanol–water partition coefficient (Wildman–Crippen LogP) is 2.64. The van der Waals surface area contributed by atoms with Gasteiger partial charge in [-0.05, 0) is 61.0 Å². The van der Waals surface area contributed by atoms with E-state index in [9.17, 15) is 4.79 Å². The van der Waals surface area contributed by atoms with E-state index in [2.05, 4.69) is 43.2 Å². The Balaban J connectivity index is 1.83.